The first-order valence-electron chi connectivity index (χ1n) is 8.92. The number of aryl methyl sites for hydroxylation is 1. The van der Waals surface area contributed by atoms with Gasteiger partial charge in [-0.05, 0) is 43.5 Å². The Morgan fingerprint density at radius 1 is 1.27 bits per heavy atom. The van der Waals surface area contributed by atoms with Crippen molar-refractivity contribution in [3.8, 4) is 0 Å². The van der Waals surface area contributed by atoms with Crippen LogP contribution in [-0.4, -0.2) is 45.9 Å². The molecule has 2 amide bonds. The van der Waals surface area contributed by atoms with Gasteiger partial charge in [0.05, 0.1) is 12.2 Å². The number of carbonyl (C=O) groups is 2. The van der Waals surface area contributed by atoms with Crippen molar-refractivity contribution in [2.24, 2.45) is 5.92 Å². The van der Waals surface area contributed by atoms with E-state index < -0.39 is 0 Å². The number of nitrogens with one attached hydrogen (secondary N) is 1. The molecule has 1 aliphatic rings. The number of carbonyl (C=O) groups excluding carboxylic acids is 2. The number of piperidine rings is 1. The Hall–Kier alpha value is -2.34. The molecule has 26 heavy (non-hydrogen) atoms. The van der Waals surface area contributed by atoms with E-state index in [4.69, 9.17) is 11.6 Å². The van der Waals surface area contributed by atoms with Gasteiger partial charge in [-0.2, -0.15) is 0 Å². The molecule has 6 nitrogen and oxygen atoms in total. The van der Waals surface area contributed by atoms with E-state index in [0.717, 1.165) is 25.8 Å². The first-order chi connectivity index (χ1) is 12.6. The minimum Gasteiger partial charge on any atom is -0.356 e. The normalized spacial score (nSPS) is 17.1. The average Bonchev–Trinajstić information content (AvgIpc) is 3.19. The zero-order valence-corrected chi connectivity index (χ0v) is 15.4. The summed E-state index contributed by atoms with van der Waals surface area (Å²) in [7, 11) is 0. The second-order valence-electron chi connectivity index (χ2n) is 6.54. The molecule has 1 unspecified atom stereocenters. The van der Waals surface area contributed by atoms with E-state index in [-0.39, 0.29) is 17.7 Å². The highest BCUT2D eigenvalue weighted by Crippen LogP contribution is 2.19. The first kappa shape index (κ1) is 18.5. The number of imidazole rings is 1. The highest BCUT2D eigenvalue weighted by molar-refractivity contribution is 6.30. The zero-order chi connectivity index (χ0) is 18.4. The number of aromatic nitrogens is 2. The lowest BCUT2D eigenvalue weighted by atomic mass is 9.96. The van der Waals surface area contributed by atoms with Gasteiger partial charge in [0.2, 0.25) is 5.91 Å². The molecule has 0 aliphatic carbocycles. The van der Waals surface area contributed by atoms with Crippen LogP contribution in [0.15, 0.2) is 43.0 Å². The van der Waals surface area contributed by atoms with Crippen LogP contribution in [0.1, 0.15) is 29.6 Å². The molecule has 1 N–H and O–H groups in total. The van der Waals surface area contributed by atoms with E-state index in [0.29, 0.717) is 30.2 Å². The summed E-state index contributed by atoms with van der Waals surface area (Å²) in [6.07, 6.45) is 7.92. The minimum atomic E-state index is -0.145. The lowest BCUT2D eigenvalue weighted by molar-refractivity contribution is -0.126. The van der Waals surface area contributed by atoms with Crippen molar-refractivity contribution >= 4 is 23.4 Å². The quantitative estimate of drug-likeness (QED) is 0.790. The molecule has 0 saturated carbocycles. The van der Waals surface area contributed by atoms with Gasteiger partial charge >= 0.3 is 0 Å². The number of benzene rings is 1. The average molecular weight is 375 g/mol. The fraction of sp³-hybridized carbons (Fsp3) is 0.421. The maximum absolute atomic E-state index is 12.6. The van der Waals surface area contributed by atoms with Crippen LogP contribution in [0.2, 0.25) is 5.02 Å². The Labute approximate surface area is 158 Å². The molecule has 2 heterocycles. The lowest BCUT2D eigenvalue weighted by Gasteiger charge is -2.32. The van der Waals surface area contributed by atoms with Crippen molar-refractivity contribution in [1.29, 1.82) is 0 Å². The number of hydrogen-bond acceptors (Lipinski definition) is 3. The molecule has 1 fully saturated rings. The molecule has 2 aromatic rings. The van der Waals surface area contributed by atoms with Crippen LogP contribution in [0.4, 0.5) is 0 Å². The Balaban J connectivity index is 1.47. The zero-order valence-electron chi connectivity index (χ0n) is 14.6. The molecule has 1 aromatic heterocycles. The monoisotopic (exact) mass is 374 g/mol. The standard InChI is InChI=1S/C19H23ClN4O2/c20-17-6-4-15(5-7-17)19(26)24-11-1-3-16(13-24)18(25)22-8-2-10-23-12-9-21-14-23/h4-7,9,12,14,16H,1-3,8,10-11,13H2,(H,22,25). The highest BCUT2D eigenvalue weighted by Gasteiger charge is 2.28. The molecule has 7 heteroatoms. The summed E-state index contributed by atoms with van der Waals surface area (Å²) in [5.41, 5.74) is 0.607. The molecule has 0 radical (unpaired) electrons. The van der Waals surface area contributed by atoms with Crippen LogP contribution in [-0.2, 0) is 11.3 Å². The Bertz CT molecular complexity index is 731. The molecule has 138 valence electrons. The van der Waals surface area contributed by atoms with Gasteiger partial charge in [-0.25, -0.2) is 4.98 Å². The summed E-state index contributed by atoms with van der Waals surface area (Å²) in [4.78, 5) is 30.8. The third-order valence-electron chi connectivity index (χ3n) is 4.62. The van der Waals surface area contributed by atoms with Gasteiger partial charge in [-0.1, -0.05) is 11.6 Å². The van der Waals surface area contributed by atoms with Crippen LogP contribution < -0.4 is 5.32 Å². The number of rotatable bonds is 6. The molecule has 3 rings (SSSR count). The van der Waals surface area contributed by atoms with Crippen LogP contribution in [0.5, 0.6) is 0 Å². The predicted molar refractivity (Wildman–Crippen MR) is 99.9 cm³/mol. The second-order valence-corrected chi connectivity index (χ2v) is 6.98. The number of halogens is 1. The SMILES string of the molecule is O=C(NCCCn1ccnc1)C1CCCN(C(=O)c2ccc(Cl)cc2)C1. The van der Waals surface area contributed by atoms with Gasteiger partial charge in [0.25, 0.3) is 5.91 Å². The van der Waals surface area contributed by atoms with Gasteiger partial charge in [-0.3, -0.25) is 9.59 Å². The predicted octanol–water partition coefficient (Wildman–Crippen LogP) is 2.60. The van der Waals surface area contributed by atoms with Crippen molar-refractivity contribution in [1.82, 2.24) is 19.8 Å². The molecule has 1 aromatic carbocycles. The Morgan fingerprint density at radius 2 is 2.08 bits per heavy atom. The molecular formula is C19H23ClN4O2. The maximum Gasteiger partial charge on any atom is 0.253 e. The number of likely N-dealkylation sites (tertiary alicyclic amines) is 1. The van der Waals surface area contributed by atoms with E-state index in [2.05, 4.69) is 10.3 Å². The summed E-state index contributed by atoms with van der Waals surface area (Å²) < 4.78 is 1.99. The fourth-order valence-electron chi connectivity index (χ4n) is 3.19. The molecular weight excluding hydrogens is 352 g/mol. The van der Waals surface area contributed by atoms with Gasteiger partial charge in [0.15, 0.2) is 0 Å². The molecule has 1 aliphatic heterocycles. The van der Waals surface area contributed by atoms with Crippen LogP contribution in [0, 0.1) is 5.92 Å². The van der Waals surface area contributed by atoms with Crippen molar-refractivity contribution in [2.45, 2.75) is 25.8 Å². The maximum atomic E-state index is 12.6. The van der Waals surface area contributed by atoms with E-state index in [1.54, 1.807) is 41.7 Å². The number of amides is 2. The smallest absolute Gasteiger partial charge is 0.253 e. The Kier molecular flexibility index (Phi) is 6.28. The van der Waals surface area contributed by atoms with E-state index in [1.165, 1.54) is 0 Å². The van der Waals surface area contributed by atoms with E-state index in [1.807, 2.05) is 10.8 Å². The number of nitrogens with zero attached hydrogens (tertiary/aromatic N) is 3. The largest absolute Gasteiger partial charge is 0.356 e. The van der Waals surface area contributed by atoms with Gasteiger partial charge in [-0.15, -0.1) is 0 Å². The lowest BCUT2D eigenvalue weighted by Crippen LogP contribution is -2.45. The van der Waals surface area contributed by atoms with Crippen LogP contribution in [0.3, 0.4) is 0 Å². The van der Waals surface area contributed by atoms with E-state index >= 15 is 0 Å². The van der Waals surface area contributed by atoms with Crippen molar-refractivity contribution < 1.29 is 9.59 Å². The first-order valence-corrected chi connectivity index (χ1v) is 9.29. The van der Waals surface area contributed by atoms with Crippen LogP contribution in [0.25, 0.3) is 0 Å². The Morgan fingerprint density at radius 3 is 2.81 bits per heavy atom. The van der Waals surface area contributed by atoms with Crippen molar-refractivity contribution in [3.05, 3.63) is 53.6 Å². The summed E-state index contributed by atoms with van der Waals surface area (Å²) in [6, 6.07) is 6.88. The fourth-order valence-corrected chi connectivity index (χ4v) is 3.31. The van der Waals surface area contributed by atoms with Crippen molar-refractivity contribution in [3.63, 3.8) is 0 Å². The molecule has 1 saturated heterocycles. The van der Waals surface area contributed by atoms with E-state index in [9.17, 15) is 9.59 Å². The van der Waals surface area contributed by atoms with Crippen LogP contribution >= 0.6 is 11.6 Å². The third-order valence-corrected chi connectivity index (χ3v) is 4.87. The third kappa shape index (κ3) is 4.85. The summed E-state index contributed by atoms with van der Waals surface area (Å²) in [5.74, 6) is -0.156. The molecule has 1 atom stereocenters. The molecule has 0 spiro atoms. The van der Waals surface area contributed by atoms with Gasteiger partial charge < -0.3 is 14.8 Å². The minimum absolute atomic E-state index is 0.0317. The van der Waals surface area contributed by atoms with Gasteiger partial charge in [0.1, 0.15) is 0 Å². The molecule has 0 bridgehead atoms. The highest BCUT2D eigenvalue weighted by atomic mass is 35.5. The topological polar surface area (TPSA) is 67.2 Å². The number of hydrogen-bond donors (Lipinski definition) is 1. The van der Waals surface area contributed by atoms with Crippen molar-refractivity contribution in [2.75, 3.05) is 19.6 Å². The summed E-state index contributed by atoms with van der Waals surface area (Å²) in [6.45, 7) is 2.60. The summed E-state index contributed by atoms with van der Waals surface area (Å²) in [5, 5.41) is 3.60. The second kappa shape index (κ2) is 8.85. The summed E-state index contributed by atoms with van der Waals surface area (Å²) >= 11 is 5.88. The van der Waals surface area contributed by atoms with Gasteiger partial charge in [0, 0.05) is 49.2 Å².